The molecule has 1 heterocycles. The van der Waals surface area contributed by atoms with Crippen molar-refractivity contribution in [2.75, 3.05) is 0 Å². The molecule has 0 spiro atoms. The summed E-state index contributed by atoms with van der Waals surface area (Å²) in [7, 11) is 0. The molecule has 82 valence electrons. The maximum absolute atomic E-state index is 7.30. The summed E-state index contributed by atoms with van der Waals surface area (Å²) in [4.78, 5) is 7.48. The Hall–Kier alpha value is -2.10. The number of amidine groups is 1. The highest BCUT2D eigenvalue weighted by Crippen LogP contribution is 2.17. The molecule has 0 saturated carbocycles. The van der Waals surface area contributed by atoms with Crippen molar-refractivity contribution in [1.82, 2.24) is 9.97 Å². The number of nitrogen functional groups attached to an aromatic ring is 1. The van der Waals surface area contributed by atoms with Crippen molar-refractivity contribution < 1.29 is 0 Å². The molecule has 2 aromatic rings. The Morgan fingerprint density at radius 3 is 2.56 bits per heavy atom. The first-order valence-electron chi connectivity index (χ1n) is 5.19. The topological polar surface area (TPSA) is 78.6 Å². The van der Waals surface area contributed by atoms with E-state index < -0.39 is 0 Å². The van der Waals surface area contributed by atoms with Crippen LogP contribution in [0.4, 0.5) is 0 Å². The lowest BCUT2D eigenvalue weighted by atomic mass is 10.1. The first kappa shape index (κ1) is 10.4. The second kappa shape index (κ2) is 4.18. The van der Waals surface area contributed by atoms with Crippen LogP contribution in [0.25, 0.3) is 11.3 Å². The van der Waals surface area contributed by atoms with Crippen molar-refractivity contribution in [3.05, 3.63) is 41.9 Å². The maximum atomic E-state index is 7.30. The molecular weight excluding hydrogens is 200 g/mol. The molecule has 0 atom stereocenters. The summed E-state index contributed by atoms with van der Waals surface area (Å²) in [6.07, 6.45) is 2.72. The van der Waals surface area contributed by atoms with Gasteiger partial charge in [-0.3, -0.25) is 5.41 Å². The van der Waals surface area contributed by atoms with Gasteiger partial charge in [-0.05, 0) is 5.56 Å². The van der Waals surface area contributed by atoms with Crippen molar-refractivity contribution >= 4 is 5.84 Å². The summed E-state index contributed by atoms with van der Waals surface area (Å²) in [6, 6.07) is 7.54. The molecule has 0 aliphatic carbocycles. The highest BCUT2D eigenvalue weighted by molar-refractivity contribution is 5.95. The molecule has 0 bridgehead atoms. The molecule has 0 saturated heterocycles. The molecule has 0 radical (unpaired) electrons. The number of aryl methyl sites for hydroxylation is 1. The minimum Gasteiger partial charge on any atom is -0.384 e. The first-order valence-corrected chi connectivity index (χ1v) is 5.19. The molecule has 4 nitrogen and oxygen atoms in total. The predicted molar refractivity (Wildman–Crippen MR) is 64.4 cm³/mol. The predicted octanol–water partition coefficient (Wildman–Crippen LogP) is 1.92. The summed E-state index contributed by atoms with van der Waals surface area (Å²) >= 11 is 0. The summed E-state index contributed by atoms with van der Waals surface area (Å²) < 4.78 is 0. The Labute approximate surface area is 94.0 Å². The van der Waals surface area contributed by atoms with Crippen LogP contribution in [0.5, 0.6) is 0 Å². The molecule has 0 fully saturated rings. The average molecular weight is 214 g/mol. The fraction of sp³-hybridized carbons (Fsp3) is 0.167. The fourth-order valence-electron chi connectivity index (χ4n) is 1.52. The van der Waals surface area contributed by atoms with Crippen molar-refractivity contribution in [2.24, 2.45) is 5.73 Å². The van der Waals surface area contributed by atoms with Crippen molar-refractivity contribution in [1.29, 1.82) is 5.41 Å². The second-order valence-electron chi connectivity index (χ2n) is 3.59. The van der Waals surface area contributed by atoms with Crippen LogP contribution in [0.3, 0.4) is 0 Å². The number of aromatic amines is 1. The molecule has 2 rings (SSSR count). The van der Waals surface area contributed by atoms with Crippen molar-refractivity contribution in [3.63, 3.8) is 0 Å². The zero-order valence-corrected chi connectivity index (χ0v) is 9.12. The minimum absolute atomic E-state index is 0.0883. The molecule has 4 N–H and O–H groups in total. The van der Waals surface area contributed by atoms with E-state index >= 15 is 0 Å². The Balaban J connectivity index is 2.30. The molecule has 0 amide bonds. The van der Waals surface area contributed by atoms with E-state index in [1.165, 1.54) is 0 Å². The van der Waals surface area contributed by atoms with Gasteiger partial charge < -0.3 is 10.7 Å². The summed E-state index contributed by atoms with van der Waals surface area (Å²) in [5.41, 5.74) is 8.17. The molecule has 4 heteroatoms. The Morgan fingerprint density at radius 1 is 1.38 bits per heavy atom. The van der Waals surface area contributed by atoms with Crippen LogP contribution < -0.4 is 5.73 Å². The lowest BCUT2D eigenvalue weighted by Gasteiger charge is -2.00. The average Bonchev–Trinajstić information content (AvgIpc) is 2.77. The number of nitrogens with two attached hydrogens (primary N) is 1. The van der Waals surface area contributed by atoms with Crippen molar-refractivity contribution in [3.8, 4) is 11.3 Å². The molecule has 0 aliphatic rings. The third kappa shape index (κ3) is 1.95. The van der Waals surface area contributed by atoms with E-state index in [1.54, 1.807) is 0 Å². The summed E-state index contributed by atoms with van der Waals surface area (Å²) in [6.45, 7) is 2.06. The van der Waals surface area contributed by atoms with E-state index in [2.05, 4.69) is 16.9 Å². The van der Waals surface area contributed by atoms with E-state index in [4.69, 9.17) is 11.1 Å². The smallest absolute Gasteiger partial charge is 0.122 e. The molecule has 1 aromatic carbocycles. The van der Waals surface area contributed by atoms with Crippen LogP contribution >= 0.6 is 0 Å². The van der Waals surface area contributed by atoms with Crippen molar-refractivity contribution in [2.45, 2.75) is 13.3 Å². The van der Waals surface area contributed by atoms with Crippen LogP contribution in [-0.2, 0) is 6.42 Å². The standard InChI is InChI=1S/C12H14N4/c1-2-11-15-7-10(16-11)8-3-5-9(6-4-8)12(13)14/h3-7H,2H2,1H3,(H3,13,14)(H,15,16). The van der Waals surface area contributed by atoms with Gasteiger partial charge in [-0.2, -0.15) is 0 Å². The van der Waals surface area contributed by atoms with Gasteiger partial charge in [0.2, 0.25) is 0 Å². The third-order valence-electron chi connectivity index (χ3n) is 2.47. The van der Waals surface area contributed by atoms with Gasteiger partial charge in [0.1, 0.15) is 11.7 Å². The number of imidazole rings is 1. The van der Waals surface area contributed by atoms with Gasteiger partial charge in [-0.15, -0.1) is 0 Å². The lowest BCUT2D eigenvalue weighted by Crippen LogP contribution is -2.10. The second-order valence-corrected chi connectivity index (χ2v) is 3.59. The van der Waals surface area contributed by atoms with Crippen LogP contribution in [0.2, 0.25) is 0 Å². The van der Waals surface area contributed by atoms with Gasteiger partial charge in [-0.25, -0.2) is 4.98 Å². The molecule has 1 aromatic heterocycles. The number of rotatable bonds is 3. The molecule has 16 heavy (non-hydrogen) atoms. The highest BCUT2D eigenvalue weighted by atomic mass is 14.9. The van der Waals surface area contributed by atoms with Gasteiger partial charge in [0.25, 0.3) is 0 Å². The number of hydrogen-bond donors (Lipinski definition) is 3. The van der Waals surface area contributed by atoms with Crippen LogP contribution in [-0.4, -0.2) is 15.8 Å². The Bertz CT molecular complexity index is 496. The monoisotopic (exact) mass is 214 g/mol. The highest BCUT2D eigenvalue weighted by Gasteiger charge is 2.02. The van der Waals surface area contributed by atoms with E-state index in [0.717, 1.165) is 29.1 Å². The third-order valence-corrected chi connectivity index (χ3v) is 2.47. The SMILES string of the molecule is CCc1ncc(-c2ccc(C(=N)N)cc2)[nH]1. The number of benzene rings is 1. The van der Waals surface area contributed by atoms with Crippen LogP contribution in [0.15, 0.2) is 30.5 Å². The summed E-state index contributed by atoms with van der Waals surface area (Å²) in [5.74, 6) is 1.07. The van der Waals surface area contributed by atoms with Gasteiger partial charge in [0, 0.05) is 12.0 Å². The lowest BCUT2D eigenvalue weighted by molar-refractivity contribution is 0.991. The normalized spacial score (nSPS) is 10.3. The van der Waals surface area contributed by atoms with Crippen LogP contribution in [0, 0.1) is 5.41 Å². The van der Waals surface area contributed by atoms with Crippen LogP contribution in [0.1, 0.15) is 18.3 Å². The van der Waals surface area contributed by atoms with Gasteiger partial charge in [0.15, 0.2) is 0 Å². The Morgan fingerprint density at radius 2 is 2.06 bits per heavy atom. The van der Waals surface area contributed by atoms with Gasteiger partial charge in [-0.1, -0.05) is 31.2 Å². The quantitative estimate of drug-likeness (QED) is 0.539. The van der Waals surface area contributed by atoms with Gasteiger partial charge >= 0.3 is 0 Å². The number of H-pyrrole nitrogens is 1. The molecular formula is C12H14N4. The summed E-state index contributed by atoms with van der Waals surface area (Å²) in [5, 5.41) is 7.30. The van der Waals surface area contributed by atoms with E-state index in [9.17, 15) is 0 Å². The first-order chi connectivity index (χ1) is 7.70. The number of nitrogens with one attached hydrogen (secondary N) is 2. The molecule has 0 aliphatic heterocycles. The van der Waals surface area contributed by atoms with E-state index in [1.807, 2.05) is 30.5 Å². The van der Waals surface area contributed by atoms with Gasteiger partial charge in [0.05, 0.1) is 11.9 Å². The van der Waals surface area contributed by atoms with E-state index in [0.29, 0.717) is 0 Å². The maximum Gasteiger partial charge on any atom is 0.122 e. The fourth-order valence-corrected chi connectivity index (χ4v) is 1.52. The minimum atomic E-state index is 0.0883. The zero-order valence-electron chi connectivity index (χ0n) is 9.12. The molecule has 0 unspecified atom stereocenters. The number of nitrogens with zero attached hydrogens (tertiary/aromatic N) is 1. The Kier molecular flexibility index (Phi) is 2.72. The number of aromatic nitrogens is 2. The largest absolute Gasteiger partial charge is 0.384 e. The van der Waals surface area contributed by atoms with E-state index in [-0.39, 0.29) is 5.84 Å². The number of hydrogen-bond acceptors (Lipinski definition) is 2. The zero-order chi connectivity index (χ0) is 11.5.